The molecular weight excluding hydrogens is 453 g/mol. The van der Waals surface area contributed by atoms with Crippen molar-refractivity contribution in [3.8, 4) is 0 Å². The molecule has 6 nitrogen and oxygen atoms in total. The lowest BCUT2D eigenvalue weighted by atomic mass is 9.83. The third kappa shape index (κ3) is 7.99. The molecule has 1 fully saturated rings. The molecule has 0 saturated heterocycles. The molecule has 0 unspecified atom stereocenters. The van der Waals surface area contributed by atoms with Crippen molar-refractivity contribution in [2.24, 2.45) is 10.4 Å². The monoisotopic (exact) mass is 489 g/mol. The van der Waals surface area contributed by atoms with Gasteiger partial charge in [0, 0.05) is 39.6 Å². The van der Waals surface area contributed by atoms with Gasteiger partial charge in [0.05, 0.1) is 4.75 Å². The summed E-state index contributed by atoms with van der Waals surface area (Å²) in [6.07, 6.45) is 7.27. The van der Waals surface area contributed by atoms with E-state index in [1.165, 1.54) is 31.9 Å². The minimum atomic E-state index is -3.13. The molecule has 1 aliphatic carbocycles. The standard InChI is InChI=1S/C17H35N3O3S.HI/c1-6-23-12-11-17(9-7-8-10-17)14-20-15(18-4)19-13-16(2,3)24(5,21)22;/h6-14H2,1-5H3,(H2,18,19,20);1H. The molecule has 1 aliphatic rings. The van der Waals surface area contributed by atoms with E-state index in [1.54, 1.807) is 20.9 Å². The fourth-order valence-corrected chi connectivity index (χ4v) is 3.33. The molecule has 0 amide bonds. The number of sulfone groups is 1. The van der Waals surface area contributed by atoms with Crippen molar-refractivity contribution in [3.05, 3.63) is 0 Å². The van der Waals surface area contributed by atoms with Gasteiger partial charge in [-0.05, 0) is 45.4 Å². The van der Waals surface area contributed by atoms with Crippen molar-refractivity contribution >= 4 is 39.8 Å². The molecule has 1 rings (SSSR count). The average molecular weight is 489 g/mol. The third-order valence-electron chi connectivity index (χ3n) is 5.18. The molecule has 0 radical (unpaired) electrons. The molecule has 25 heavy (non-hydrogen) atoms. The van der Waals surface area contributed by atoms with Gasteiger partial charge < -0.3 is 15.4 Å². The van der Waals surface area contributed by atoms with Crippen molar-refractivity contribution < 1.29 is 13.2 Å². The van der Waals surface area contributed by atoms with Gasteiger partial charge in [-0.15, -0.1) is 24.0 Å². The highest BCUT2D eigenvalue weighted by molar-refractivity contribution is 14.0. The molecule has 150 valence electrons. The molecule has 0 aromatic rings. The van der Waals surface area contributed by atoms with E-state index in [1.807, 2.05) is 6.92 Å². The van der Waals surface area contributed by atoms with Crippen LogP contribution in [0.5, 0.6) is 0 Å². The van der Waals surface area contributed by atoms with Crippen LogP contribution >= 0.6 is 24.0 Å². The summed E-state index contributed by atoms with van der Waals surface area (Å²) < 4.78 is 28.3. The van der Waals surface area contributed by atoms with Crippen LogP contribution in [0.2, 0.25) is 0 Å². The van der Waals surface area contributed by atoms with Gasteiger partial charge in [-0.2, -0.15) is 0 Å². The minimum Gasteiger partial charge on any atom is -0.382 e. The quantitative estimate of drug-likeness (QED) is 0.225. The summed E-state index contributed by atoms with van der Waals surface area (Å²) >= 11 is 0. The van der Waals surface area contributed by atoms with Crippen molar-refractivity contribution in [1.29, 1.82) is 0 Å². The van der Waals surface area contributed by atoms with E-state index in [0.717, 1.165) is 26.2 Å². The van der Waals surface area contributed by atoms with Gasteiger partial charge in [0.25, 0.3) is 0 Å². The SMILES string of the molecule is CCOCCC1(CNC(=NC)NCC(C)(C)S(C)(=O)=O)CCCC1.I. The highest BCUT2D eigenvalue weighted by Crippen LogP contribution is 2.40. The molecule has 0 aromatic carbocycles. The zero-order chi connectivity index (χ0) is 18.3. The second kappa shape index (κ2) is 10.9. The molecule has 0 aromatic heterocycles. The Bertz CT molecular complexity index is 515. The number of hydrogen-bond donors (Lipinski definition) is 2. The minimum absolute atomic E-state index is 0. The summed E-state index contributed by atoms with van der Waals surface area (Å²) in [5.41, 5.74) is 0.263. The number of rotatable bonds is 9. The van der Waals surface area contributed by atoms with E-state index in [2.05, 4.69) is 15.6 Å². The third-order valence-corrected chi connectivity index (χ3v) is 7.34. The number of halogens is 1. The van der Waals surface area contributed by atoms with Gasteiger partial charge in [0.1, 0.15) is 0 Å². The normalized spacial score (nSPS) is 17.9. The van der Waals surface area contributed by atoms with Crippen molar-refractivity contribution in [2.45, 2.75) is 57.6 Å². The fourth-order valence-electron chi connectivity index (χ4n) is 2.99. The molecule has 0 atom stereocenters. The van der Waals surface area contributed by atoms with Crippen LogP contribution in [0, 0.1) is 5.41 Å². The lowest BCUT2D eigenvalue weighted by molar-refractivity contribution is 0.105. The van der Waals surface area contributed by atoms with Crippen LogP contribution in [0.4, 0.5) is 0 Å². The smallest absolute Gasteiger partial charge is 0.191 e. The number of ether oxygens (including phenoxy) is 1. The summed E-state index contributed by atoms with van der Waals surface area (Å²) in [4.78, 5) is 4.23. The second-order valence-corrected chi connectivity index (χ2v) is 10.1. The summed E-state index contributed by atoms with van der Waals surface area (Å²) in [5, 5.41) is 6.54. The Hall–Kier alpha value is -0.0900. The Morgan fingerprint density at radius 1 is 1.24 bits per heavy atom. The Kier molecular flexibility index (Phi) is 10.9. The van der Waals surface area contributed by atoms with Crippen LogP contribution in [0.25, 0.3) is 0 Å². The average Bonchev–Trinajstić information content (AvgIpc) is 2.96. The molecule has 0 spiro atoms. The van der Waals surface area contributed by atoms with Crippen molar-refractivity contribution in [3.63, 3.8) is 0 Å². The zero-order valence-electron chi connectivity index (χ0n) is 16.4. The van der Waals surface area contributed by atoms with E-state index in [4.69, 9.17) is 4.74 Å². The summed E-state index contributed by atoms with van der Waals surface area (Å²) in [5.74, 6) is 0.661. The van der Waals surface area contributed by atoms with Gasteiger partial charge >= 0.3 is 0 Å². The van der Waals surface area contributed by atoms with E-state index < -0.39 is 14.6 Å². The first-order valence-electron chi connectivity index (χ1n) is 8.88. The largest absolute Gasteiger partial charge is 0.382 e. The molecule has 0 aliphatic heterocycles. The second-order valence-electron chi connectivity index (χ2n) is 7.47. The van der Waals surface area contributed by atoms with Gasteiger partial charge in [-0.3, -0.25) is 4.99 Å². The molecule has 1 saturated carbocycles. The maximum absolute atomic E-state index is 11.8. The van der Waals surface area contributed by atoms with E-state index in [0.29, 0.717) is 12.5 Å². The van der Waals surface area contributed by atoms with Crippen LogP contribution < -0.4 is 10.6 Å². The lowest BCUT2D eigenvalue weighted by Gasteiger charge is -2.31. The Morgan fingerprint density at radius 3 is 2.32 bits per heavy atom. The van der Waals surface area contributed by atoms with Crippen LogP contribution in [0.3, 0.4) is 0 Å². The summed E-state index contributed by atoms with van der Waals surface area (Å²) in [7, 11) is -1.41. The fraction of sp³-hybridized carbons (Fsp3) is 0.941. The van der Waals surface area contributed by atoms with E-state index in [-0.39, 0.29) is 29.4 Å². The zero-order valence-corrected chi connectivity index (χ0v) is 19.5. The Labute approximate surface area is 170 Å². The number of nitrogens with zero attached hydrogens (tertiary/aromatic N) is 1. The molecule has 0 bridgehead atoms. The van der Waals surface area contributed by atoms with Gasteiger partial charge in [-0.25, -0.2) is 8.42 Å². The molecule has 2 N–H and O–H groups in total. The van der Waals surface area contributed by atoms with Crippen LogP contribution in [-0.4, -0.2) is 58.7 Å². The van der Waals surface area contributed by atoms with E-state index in [9.17, 15) is 8.42 Å². The number of aliphatic imine (C=N–C) groups is 1. The number of hydrogen-bond acceptors (Lipinski definition) is 4. The number of nitrogens with one attached hydrogen (secondary N) is 2. The predicted molar refractivity (Wildman–Crippen MR) is 116 cm³/mol. The first-order chi connectivity index (χ1) is 11.2. The van der Waals surface area contributed by atoms with E-state index >= 15 is 0 Å². The Morgan fingerprint density at radius 2 is 1.84 bits per heavy atom. The molecule has 0 heterocycles. The van der Waals surface area contributed by atoms with Crippen LogP contribution in [0.15, 0.2) is 4.99 Å². The van der Waals surface area contributed by atoms with Crippen molar-refractivity contribution in [2.75, 3.05) is 39.6 Å². The Balaban J connectivity index is 0.00000576. The topological polar surface area (TPSA) is 79.8 Å². The van der Waals surface area contributed by atoms with Gasteiger partial charge in [-0.1, -0.05) is 12.8 Å². The summed E-state index contributed by atoms with van der Waals surface area (Å²) in [6.45, 7) is 8.20. The highest BCUT2D eigenvalue weighted by atomic mass is 127. The number of guanidine groups is 1. The highest BCUT2D eigenvalue weighted by Gasteiger charge is 2.34. The summed E-state index contributed by atoms with van der Waals surface area (Å²) in [6, 6.07) is 0. The maximum atomic E-state index is 11.8. The van der Waals surface area contributed by atoms with Gasteiger partial charge in [0.15, 0.2) is 15.8 Å². The molecular formula is C17H36IN3O3S. The lowest BCUT2D eigenvalue weighted by Crippen LogP contribution is -2.49. The molecule has 8 heteroatoms. The first kappa shape index (κ1) is 24.9. The van der Waals surface area contributed by atoms with Crippen molar-refractivity contribution in [1.82, 2.24) is 10.6 Å². The van der Waals surface area contributed by atoms with Crippen LogP contribution in [0.1, 0.15) is 52.9 Å². The predicted octanol–water partition coefficient (Wildman–Crippen LogP) is 2.58. The van der Waals surface area contributed by atoms with Crippen LogP contribution in [-0.2, 0) is 14.6 Å². The maximum Gasteiger partial charge on any atom is 0.191 e. The van der Waals surface area contributed by atoms with Gasteiger partial charge in [0.2, 0.25) is 0 Å². The first-order valence-corrected chi connectivity index (χ1v) is 10.8.